The van der Waals surface area contributed by atoms with E-state index < -0.39 is 30.6 Å². The van der Waals surface area contributed by atoms with Gasteiger partial charge in [-0.05, 0) is 134 Å². The summed E-state index contributed by atoms with van der Waals surface area (Å²) in [5, 5.41) is 0. The van der Waals surface area contributed by atoms with Crippen molar-refractivity contribution in [2.24, 2.45) is 0 Å². The van der Waals surface area contributed by atoms with Gasteiger partial charge in [0.05, 0.1) is 49.6 Å². The fraction of sp³-hybridized carbons (Fsp3) is 0.241. The molecule has 0 saturated carbocycles. The molecule has 0 N–H and O–H groups in total. The normalized spacial score (nSPS) is 12.5. The third kappa shape index (κ3) is 25.6. The average Bonchev–Trinajstić information content (AvgIpc) is 0.759. The van der Waals surface area contributed by atoms with Crippen LogP contribution in [0.2, 0.25) is 0 Å². The second-order valence-corrected chi connectivity index (χ2v) is 35.3. The molecule has 0 aromatic heterocycles. The molecule has 0 aliphatic carbocycles. The smallest absolute Gasteiger partial charge is 0.748 e. The first-order chi connectivity index (χ1) is 50.0. The molecule has 0 unspecified atom stereocenters. The van der Waals surface area contributed by atoms with Gasteiger partial charge < -0.3 is 33.1 Å². The first-order valence-corrected chi connectivity index (χ1v) is 45.7. The zero-order valence-electron chi connectivity index (χ0n) is 60.2. The molecular formula is C79H80N3Na3O11S10. The third-order valence-electron chi connectivity index (χ3n) is 16.4. The van der Waals surface area contributed by atoms with Crippen LogP contribution >= 0.6 is 82.3 Å². The van der Waals surface area contributed by atoms with E-state index in [1.165, 1.54) is 75.5 Å². The molecule has 3 aliphatic heterocycles. The van der Waals surface area contributed by atoms with Crippen LogP contribution in [0.4, 0.5) is 45.5 Å². The Balaban J connectivity index is 0.000000219. The van der Waals surface area contributed by atoms with Crippen molar-refractivity contribution in [2.75, 3.05) is 93.6 Å². The number of anilines is 8. The molecule has 106 heavy (non-hydrogen) atoms. The maximum Gasteiger partial charge on any atom is 1.00 e. The van der Waals surface area contributed by atoms with Crippen LogP contribution in [-0.4, -0.2) is 118 Å². The van der Waals surface area contributed by atoms with Crippen molar-refractivity contribution in [3.05, 3.63) is 288 Å². The monoisotopic (exact) mass is 1640 g/mol. The van der Waals surface area contributed by atoms with E-state index in [9.17, 15) is 38.9 Å². The van der Waals surface area contributed by atoms with Gasteiger partial charge in [-0.2, -0.15) is 11.8 Å². The Morgan fingerprint density at radius 2 is 0.651 bits per heavy atom. The summed E-state index contributed by atoms with van der Waals surface area (Å²) in [6.07, 6.45) is 9.30. The van der Waals surface area contributed by atoms with E-state index in [1.54, 1.807) is 58.8 Å². The molecule has 0 saturated heterocycles. The molecule has 0 spiro atoms. The predicted octanol–water partition coefficient (Wildman–Crippen LogP) is 11.0. The van der Waals surface area contributed by atoms with Gasteiger partial charge in [-0.15, -0.1) is 70.6 Å². The summed E-state index contributed by atoms with van der Waals surface area (Å²) in [5.41, 5.74) is 21.5. The Bertz CT molecular complexity index is 4410. The van der Waals surface area contributed by atoms with Crippen molar-refractivity contribution in [1.82, 2.24) is 0 Å². The van der Waals surface area contributed by atoms with Crippen LogP contribution in [0.25, 0.3) is 16.7 Å². The van der Waals surface area contributed by atoms with E-state index >= 15 is 0 Å². The molecule has 9 aromatic rings. The van der Waals surface area contributed by atoms with Crippen LogP contribution in [0, 0.1) is 0 Å². The molecule has 12 rings (SSSR count). The Morgan fingerprint density at radius 1 is 0.349 bits per heavy atom. The summed E-state index contributed by atoms with van der Waals surface area (Å²) in [7, 11) is -12.9. The van der Waals surface area contributed by atoms with Crippen LogP contribution in [0.5, 0.6) is 0 Å². The Kier molecular flexibility index (Phi) is 38.5. The number of thioether (sulfide) groups is 7. The fourth-order valence-electron chi connectivity index (χ4n) is 12.1. The number of fused-ring (bicyclic) bond motifs is 6. The SMILES string of the molecule is CSC(SCCCOCCCS(=O)(=O)[O-])=C1c2ccccc2N(c2ccccc2)c2ccccc21.CSC(SCCCOS(=O)(=O)[O-])=C1c2ccccc2N(Cc2ccccc2)c2ccccc21.CSC(SCCCSCCCS(=O)(=O)[O-])=C1c2ccccc2N(c2ccccc2)c2ccccc21.[Na+].[Na+].[Na+]. The van der Waals surface area contributed by atoms with Gasteiger partial charge in [0.1, 0.15) is 0 Å². The van der Waals surface area contributed by atoms with Gasteiger partial charge in [0.25, 0.3) is 0 Å². The number of benzene rings is 9. The molecule has 540 valence electrons. The summed E-state index contributed by atoms with van der Waals surface area (Å²) in [4.78, 5) is 7.03. The zero-order valence-corrected chi connectivity index (χ0v) is 74.4. The van der Waals surface area contributed by atoms with Crippen LogP contribution in [-0.2, 0) is 46.1 Å². The van der Waals surface area contributed by atoms with Crippen molar-refractivity contribution in [2.45, 2.75) is 38.6 Å². The van der Waals surface area contributed by atoms with Gasteiger partial charge in [-0.25, -0.2) is 25.3 Å². The van der Waals surface area contributed by atoms with Gasteiger partial charge in [-0.1, -0.05) is 176 Å². The molecule has 3 aliphatic rings. The van der Waals surface area contributed by atoms with Crippen molar-refractivity contribution in [1.29, 1.82) is 0 Å². The Labute approximate surface area is 723 Å². The van der Waals surface area contributed by atoms with E-state index in [2.05, 4.69) is 256 Å². The number of ether oxygens (including phenoxy) is 1. The van der Waals surface area contributed by atoms with Crippen molar-refractivity contribution in [3.8, 4) is 0 Å². The van der Waals surface area contributed by atoms with Crippen molar-refractivity contribution < 1.29 is 137 Å². The van der Waals surface area contributed by atoms with Crippen LogP contribution < -0.4 is 103 Å². The third-order valence-corrected chi connectivity index (χ3v) is 26.8. The van der Waals surface area contributed by atoms with Crippen molar-refractivity contribution in [3.63, 3.8) is 0 Å². The second-order valence-electron chi connectivity index (χ2n) is 23.4. The largest absolute Gasteiger partial charge is 1.00 e. The van der Waals surface area contributed by atoms with Gasteiger partial charge in [0, 0.05) is 128 Å². The van der Waals surface area contributed by atoms with Crippen LogP contribution in [0.1, 0.15) is 71.0 Å². The van der Waals surface area contributed by atoms with E-state index in [0.29, 0.717) is 37.6 Å². The molecule has 0 amide bonds. The fourth-order valence-corrected chi connectivity index (χ4v) is 20.6. The molecule has 0 atom stereocenters. The maximum atomic E-state index is 10.7. The molecule has 0 radical (unpaired) electrons. The molecule has 14 nitrogen and oxygen atoms in total. The number of hydrogen-bond acceptors (Lipinski definition) is 21. The summed E-state index contributed by atoms with van der Waals surface area (Å²) < 4.78 is 110. The number of para-hydroxylation sites is 8. The number of nitrogens with zero attached hydrogens (tertiary/aromatic N) is 3. The first-order valence-electron chi connectivity index (χ1n) is 33.4. The van der Waals surface area contributed by atoms with Crippen molar-refractivity contribution >= 4 is 175 Å². The van der Waals surface area contributed by atoms with E-state index in [1.807, 2.05) is 41.7 Å². The van der Waals surface area contributed by atoms with Crippen LogP contribution in [0.15, 0.2) is 249 Å². The van der Waals surface area contributed by atoms with Crippen LogP contribution in [0.3, 0.4) is 0 Å². The maximum absolute atomic E-state index is 10.7. The first kappa shape index (κ1) is 89.9. The number of hydrogen-bond donors (Lipinski definition) is 0. The summed E-state index contributed by atoms with van der Waals surface area (Å²) in [5.74, 6) is 3.54. The minimum absolute atomic E-state index is 0. The topological polar surface area (TPSA) is 200 Å². The molecule has 3 heterocycles. The number of rotatable bonds is 31. The average molecular weight is 1640 g/mol. The Hall–Kier alpha value is -3.30. The quantitative estimate of drug-likeness (QED) is 0.0172. The molecular weight excluding hydrogens is 1560 g/mol. The predicted molar refractivity (Wildman–Crippen MR) is 439 cm³/mol. The van der Waals surface area contributed by atoms with E-state index in [-0.39, 0.29) is 113 Å². The van der Waals surface area contributed by atoms with Gasteiger partial charge >= 0.3 is 88.7 Å². The Morgan fingerprint density at radius 3 is 1.02 bits per heavy atom. The van der Waals surface area contributed by atoms with E-state index in [4.69, 9.17) is 4.74 Å². The molecule has 9 aromatic carbocycles. The molecule has 0 fully saturated rings. The summed E-state index contributed by atoms with van der Waals surface area (Å²) >= 11 is 12.3. The summed E-state index contributed by atoms with van der Waals surface area (Å²) in [6.45, 7) is 1.50. The van der Waals surface area contributed by atoms with Gasteiger partial charge in [-0.3, -0.25) is 4.18 Å². The van der Waals surface area contributed by atoms with E-state index in [0.717, 1.165) is 75.0 Å². The molecule has 0 bridgehead atoms. The minimum atomic E-state index is -4.64. The summed E-state index contributed by atoms with van der Waals surface area (Å²) in [6, 6.07) is 82.6. The standard InChI is InChI=1S/C27H29NO4S3.C27H29NO3S4.C25H25NO4S3.3Na/c1-33-27(34-19-9-17-32-18-10-20-35(29,30)31)26-22-13-5-7-15-24(22)28(21-11-3-2-4-12-21)25-16-8-6-14-23(25)26;1-32-27(34-19-9-17-33-18-10-20-35(29,30)31)26-22-13-5-7-15-24(22)28(21-11-3-2-4-12-21)25-16-8-6-14-23(25)26;1-31-25(32-17-9-16-30-33(27,28)29)24-20-12-5-7-14-22(20)26(18-19-10-3-2-4-11-19)23-15-8-6-13-21(23)24;;;/h2*2-8,11-16H,9-10,17-20H2,1H3,(H,29,30,31);2-8,10-15H,9,16-18H2,1H3,(H,27,28,29);;;/q;;;3*+1/p-3. The minimum Gasteiger partial charge on any atom is -0.748 e. The van der Waals surface area contributed by atoms with Gasteiger partial charge in [0.2, 0.25) is 10.4 Å². The molecule has 27 heteroatoms. The van der Waals surface area contributed by atoms with Gasteiger partial charge in [0.15, 0.2) is 0 Å². The zero-order chi connectivity index (χ0) is 72.6. The second kappa shape index (κ2) is 45.4.